The SMILES string of the molecule is CCc1nc(CC)n(-c2c(F)cc(C#N)cc2F)n1. The molecule has 0 radical (unpaired) electrons. The van der Waals surface area contributed by atoms with E-state index >= 15 is 0 Å². The van der Waals surface area contributed by atoms with Gasteiger partial charge in [-0.1, -0.05) is 13.8 Å². The van der Waals surface area contributed by atoms with Crippen molar-refractivity contribution < 1.29 is 8.78 Å². The van der Waals surface area contributed by atoms with E-state index < -0.39 is 11.6 Å². The second-order valence-electron chi connectivity index (χ2n) is 3.96. The summed E-state index contributed by atoms with van der Waals surface area (Å²) in [5, 5.41) is 12.8. The summed E-state index contributed by atoms with van der Waals surface area (Å²) in [6, 6.07) is 3.69. The van der Waals surface area contributed by atoms with Gasteiger partial charge in [-0.2, -0.15) is 10.4 Å². The Balaban J connectivity index is 2.65. The third kappa shape index (κ3) is 2.32. The molecule has 1 aromatic carbocycles. The molecule has 0 bridgehead atoms. The maximum Gasteiger partial charge on any atom is 0.153 e. The molecule has 6 heteroatoms. The number of benzene rings is 1. The van der Waals surface area contributed by atoms with Crippen molar-refractivity contribution in [2.45, 2.75) is 26.7 Å². The molecule has 0 N–H and O–H groups in total. The van der Waals surface area contributed by atoms with Crippen molar-refractivity contribution in [2.24, 2.45) is 0 Å². The van der Waals surface area contributed by atoms with Crippen molar-refractivity contribution in [3.05, 3.63) is 41.0 Å². The quantitative estimate of drug-likeness (QED) is 0.854. The van der Waals surface area contributed by atoms with E-state index in [9.17, 15) is 8.78 Å². The normalized spacial score (nSPS) is 10.5. The number of hydrogen-bond acceptors (Lipinski definition) is 3. The molecule has 0 fully saturated rings. The summed E-state index contributed by atoms with van der Waals surface area (Å²) in [6.07, 6.45) is 1.09. The van der Waals surface area contributed by atoms with Crippen LogP contribution in [-0.2, 0) is 12.8 Å². The van der Waals surface area contributed by atoms with Crippen molar-refractivity contribution in [3.8, 4) is 11.8 Å². The summed E-state index contributed by atoms with van der Waals surface area (Å²) in [7, 11) is 0. The van der Waals surface area contributed by atoms with Crippen LogP contribution in [0.15, 0.2) is 12.1 Å². The Morgan fingerprint density at radius 1 is 1.21 bits per heavy atom. The van der Waals surface area contributed by atoms with E-state index in [4.69, 9.17) is 5.26 Å². The van der Waals surface area contributed by atoms with E-state index in [0.717, 1.165) is 12.1 Å². The minimum absolute atomic E-state index is 0.0624. The molecule has 0 saturated heterocycles. The molecule has 2 rings (SSSR count). The molecule has 2 aromatic rings. The molecule has 4 nitrogen and oxygen atoms in total. The Kier molecular flexibility index (Phi) is 3.56. The Bertz CT molecular complexity index is 632. The van der Waals surface area contributed by atoms with Gasteiger partial charge in [-0.15, -0.1) is 0 Å². The van der Waals surface area contributed by atoms with Crippen LogP contribution in [0.5, 0.6) is 0 Å². The standard InChI is InChI=1S/C13H12F2N4/c1-3-11-17-12(4-2)19(18-11)13-9(14)5-8(7-16)6-10(13)15/h5-6H,3-4H2,1-2H3. The van der Waals surface area contributed by atoms with Crippen LogP contribution in [-0.4, -0.2) is 14.8 Å². The van der Waals surface area contributed by atoms with E-state index in [-0.39, 0.29) is 11.3 Å². The van der Waals surface area contributed by atoms with Crippen LogP contribution in [0.25, 0.3) is 5.69 Å². The van der Waals surface area contributed by atoms with Gasteiger partial charge in [0.15, 0.2) is 17.5 Å². The van der Waals surface area contributed by atoms with Gasteiger partial charge in [0.05, 0.1) is 11.6 Å². The van der Waals surface area contributed by atoms with Crippen LogP contribution < -0.4 is 0 Å². The lowest BCUT2D eigenvalue weighted by molar-refractivity contribution is 0.553. The lowest BCUT2D eigenvalue weighted by Crippen LogP contribution is -2.08. The van der Waals surface area contributed by atoms with E-state index in [0.29, 0.717) is 24.5 Å². The molecule has 0 aliphatic carbocycles. The van der Waals surface area contributed by atoms with Gasteiger partial charge in [0.1, 0.15) is 11.5 Å². The van der Waals surface area contributed by atoms with Gasteiger partial charge in [-0.3, -0.25) is 0 Å². The van der Waals surface area contributed by atoms with Crippen molar-refractivity contribution >= 4 is 0 Å². The molecular formula is C13H12F2N4. The lowest BCUT2D eigenvalue weighted by Gasteiger charge is -2.07. The molecule has 1 aromatic heterocycles. The first kappa shape index (κ1) is 13.1. The summed E-state index contributed by atoms with van der Waals surface area (Å²) in [6.45, 7) is 3.70. The highest BCUT2D eigenvalue weighted by molar-refractivity contribution is 5.42. The van der Waals surface area contributed by atoms with Gasteiger partial charge in [0.2, 0.25) is 0 Å². The third-order valence-corrected chi connectivity index (χ3v) is 2.71. The number of aryl methyl sites for hydroxylation is 2. The number of hydrogen-bond donors (Lipinski definition) is 0. The zero-order valence-corrected chi connectivity index (χ0v) is 10.6. The van der Waals surface area contributed by atoms with E-state index in [1.54, 1.807) is 6.07 Å². The predicted octanol–water partition coefficient (Wildman–Crippen LogP) is 2.54. The fourth-order valence-corrected chi connectivity index (χ4v) is 1.78. The van der Waals surface area contributed by atoms with Gasteiger partial charge in [0, 0.05) is 12.8 Å². The summed E-state index contributed by atoms with van der Waals surface area (Å²) in [5.74, 6) is -0.628. The fraction of sp³-hybridized carbons (Fsp3) is 0.308. The molecule has 0 atom stereocenters. The topological polar surface area (TPSA) is 54.5 Å². The number of nitrogens with zero attached hydrogens (tertiary/aromatic N) is 4. The molecule has 0 unspecified atom stereocenters. The fourth-order valence-electron chi connectivity index (χ4n) is 1.78. The maximum atomic E-state index is 13.9. The molecule has 0 saturated carbocycles. The number of rotatable bonds is 3. The third-order valence-electron chi connectivity index (χ3n) is 2.71. The summed E-state index contributed by atoms with van der Waals surface area (Å²) in [4.78, 5) is 4.20. The molecular weight excluding hydrogens is 250 g/mol. The molecule has 98 valence electrons. The second-order valence-corrected chi connectivity index (χ2v) is 3.96. The van der Waals surface area contributed by atoms with Crippen LogP contribution in [0, 0.1) is 23.0 Å². The molecule has 19 heavy (non-hydrogen) atoms. The molecule has 1 heterocycles. The van der Waals surface area contributed by atoms with Crippen LogP contribution >= 0.6 is 0 Å². The first-order valence-corrected chi connectivity index (χ1v) is 5.95. The Hall–Kier alpha value is -2.29. The second kappa shape index (κ2) is 5.14. The highest BCUT2D eigenvalue weighted by Gasteiger charge is 2.18. The Morgan fingerprint density at radius 2 is 1.84 bits per heavy atom. The predicted molar refractivity (Wildman–Crippen MR) is 64.7 cm³/mol. The van der Waals surface area contributed by atoms with E-state index in [1.807, 2.05) is 13.8 Å². The number of halogens is 2. The zero-order chi connectivity index (χ0) is 14.0. The highest BCUT2D eigenvalue weighted by Crippen LogP contribution is 2.20. The van der Waals surface area contributed by atoms with Crippen molar-refractivity contribution in [2.75, 3.05) is 0 Å². The molecule has 0 spiro atoms. The van der Waals surface area contributed by atoms with Gasteiger partial charge in [-0.05, 0) is 12.1 Å². The first-order valence-electron chi connectivity index (χ1n) is 5.95. The monoisotopic (exact) mass is 262 g/mol. The number of nitriles is 1. The smallest absolute Gasteiger partial charge is 0.153 e. The summed E-state index contributed by atoms with van der Waals surface area (Å²) in [5.41, 5.74) is -0.351. The number of aromatic nitrogens is 3. The van der Waals surface area contributed by atoms with Crippen LogP contribution in [0.3, 0.4) is 0 Å². The van der Waals surface area contributed by atoms with Gasteiger partial charge < -0.3 is 0 Å². The lowest BCUT2D eigenvalue weighted by atomic mass is 10.2. The average molecular weight is 262 g/mol. The summed E-state index contributed by atoms with van der Waals surface area (Å²) < 4.78 is 29.0. The van der Waals surface area contributed by atoms with Gasteiger partial charge >= 0.3 is 0 Å². The minimum atomic E-state index is -0.821. The summed E-state index contributed by atoms with van der Waals surface area (Å²) >= 11 is 0. The Morgan fingerprint density at radius 3 is 2.32 bits per heavy atom. The van der Waals surface area contributed by atoms with Crippen LogP contribution in [0.4, 0.5) is 8.78 Å². The van der Waals surface area contributed by atoms with Gasteiger partial charge in [-0.25, -0.2) is 18.4 Å². The van der Waals surface area contributed by atoms with Crippen LogP contribution in [0.1, 0.15) is 31.1 Å². The van der Waals surface area contributed by atoms with Gasteiger partial charge in [0.25, 0.3) is 0 Å². The highest BCUT2D eigenvalue weighted by atomic mass is 19.1. The average Bonchev–Trinajstić information content (AvgIpc) is 2.81. The Labute approximate surface area is 109 Å². The van der Waals surface area contributed by atoms with E-state index in [2.05, 4.69) is 10.1 Å². The van der Waals surface area contributed by atoms with Crippen molar-refractivity contribution in [1.29, 1.82) is 5.26 Å². The molecule has 0 amide bonds. The van der Waals surface area contributed by atoms with Crippen molar-refractivity contribution in [3.63, 3.8) is 0 Å². The van der Waals surface area contributed by atoms with E-state index in [1.165, 1.54) is 4.68 Å². The van der Waals surface area contributed by atoms with Crippen molar-refractivity contribution in [1.82, 2.24) is 14.8 Å². The first-order chi connectivity index (χ1) is 9.10. The minimum Gasteiger partial charge on any atom is -0.216 e. The van der Waals surface area contributed by atoms with Crippen LogP contribution in [0.2, 0.25) is 0 Å². The molecule has 0 aliphatic heterocycles. The zero-order valence-electron chi connectivity index (χ0n) is 10.6. The maximum absolute atomic E-state index is 13.9. The molecule has 0 aliphatic rings. The largest absolute Gasteiger partial charge is 0.216 e.